The fourth-order valence-electron chi connectivity index (χ4n) is 3.82. The third-order valence-corrected chi connectivity index (χ3v) is 7.94. The Balaban J connectivity index is 1.32. The van der Waals surface area contributed by atoms with Crippen LogP contribution >= 0.6 is 34.7 Å². The number of nitrogens with zero attached hydrogens (tertiary/aromatic N) is 2. The van der Waals surface area contributed by atoms with Crippen LogP contribution in [0.15, 0.2) is 59.5 Å². The number of amides is 1. The summed E-state index contributed by atoms with van der Waals surface area (Å²) in [6, 6.07) is 18.5. The Kier molecular flexibility index (Phi) is 4.83. The Morgan fingerprint density at radius 3 is 2.54 bits per heavy atom. The molecule has 3 heterocycles. The van der Waals surface area contributed by atoms with Crippen molar-refractivity contribution in [2.45, 2.75) is 10.6 Å². The minimum atomic E-state index is 0.153. The molecular weight excluding hydrogens is 408 g/mol. The van der Waals surface area contributed by atoms with Crippen molar-refractivity contribution < 1.29 is 4.79 Å². The van der Waals surface area contributed by atoms with Gasteiger partial charge in [0.05, 0.1) is 15.6 Å². The maximum absolute atomic E-state index is 13.1. The molecular formula is C22H19ClN2OS2. The van der Waals surface area contributed by atoms with Crippen LogP contribution in [0.1, 0.15) is 15.2 Å². The fourth-order valence-corrected chi connectivity index (χ4v) is 6.46. The van der Waals surface area contributed by atoms with Gasteiger partial charge in [0.15, 0.2) is 0 Å². The molecule has 0 saturated carbocycles. The van der Waals surface area contributed by atoms with Gasteiger partial charge in [-0.1, -0.05) is 41.9 Å². The zero-order valence-corrected chi connectivity index (χ0v) is 17.6. The Labute approximate surface area is 177 Å². The van der Waals surface area contributed by atoms with E-state index >= 15 is 0 Å². The van der Waals surface area contributed by atoms with Gasteiger partial charge in [-0.2, -0.15) is 0 Å². The van der Waals surface area contributed by atoms with E-state index in [0.29, 0.717) is 0 Å². The zero-order chi connectivity index (χ0) is 19.1. The lowest BCUT2D eigenvalue weighted by Gasteiger charge is -2.36. The first-order valence-electron chi connectivity index (χ1n) is 9.34. The van der Waals surface area contributed by atoms with Gasteiger partial charge >= 0.3 is 0 Å². The number of thioether (sulfide) groups is 1. The van der Waals surface area contributed by atoms with Crippen LogP contribution in [0.4, 0.5) is 5.69 Å². The minimum Gasteiger partial charge on any atom is -0.367 e. The van der Waals surface area contributed by atoms with Crippen molar-refractivity contribution in [3.63, 3.8) is 0 Å². The number of hydrogen-bond acceptors (Lipinski definition) is 4. The second kappa shape index (κ2) is 7.47. The maximum atomic E-state index is 13.1. The topological polar surface area (TPSA) is 23.6 Å². The number of piperazine rings is 1. The number of hydrogen-bond donors (Lipinski definition) is 0. The SMILES string of the molecule is O=C(c1cc2c(s1)-c1ccccc1SC2)N1CCN(c2ccccc2Cl)CC1. The lowest BCUT2D eigenvalue weighted by Crippen LogP contribution is -2.48. The molecule has 0 radical (unpaired) electrons. The van der Waals surface area contributed by atoms with Crippen molar-refractivity contribution in [3.05, 3.63) is 70.1 Å². The highest BCUT2D eigenvalue weighted by Crippen LogP contribution is 2.45. The molecule has 1 aromatic heterocycles. The molecule has 2 aliphatic rings. The molecule has 1 amide bonds. The van der Waals surface area contributed by atoms with Crippen LogP contribution in [0.3, 0.4) is 0 Å². The van der Waals surface area contributed by atoms with E-state index in [9.17, 15) is 4.79 Å². The standard InChI is InChI=1S/C22H19ClN2OS2/c23-17-6-2-3-7-18(17)24-9-11-25(12-10-24)22(26)20-13-15-14-27-19-8-4-1-5-16(19)21(15)28-20/h1-8,13H,9-12,14H2. The van der Waals surface area contributed by atoms with Gasteiger partial charge in [-0.3, -0.25) is 4.79 Å². The number of anilines is 1. The Morgan fingerprint density at radius 2 is 1.71 bits per heavy atom. The summed E-state index contributed by atoms with van der Waals surface area (Å²) < 4.78 is 0. The van der Waals surface area contributed by atoms with E-state index in [1.54, 1.807) is 11.3 Å². The van der Waals surface area contributed by atoms with Crippen molar-refractivity contribution in [1.82, 2.24) is 4.90 Å². The molecule has 0 bridgehead atoms. The summed E-state index contributed by atoms with van der Waals surface area (Å²) in [5, 5.41) is 0.768. The van der Waals surface area contributed by atoms with E-state index in [-0.39, 0.29) is 5.91 Å². The summed E-state index contributed by atoms with van der Waals surface area (Å²) in [6.07, 6.45) is 0. The second-order valence-corrected chi connectivity index (χ2v) is 9.46. The van der Waals surface area contributed by atoms with Gasteiger partial charge in [-0.15, -0.1) is 23.1 Å². The second-order valence-electron chi connectivity index (χ2n) is 6.98. The lowest BCUT2D eigenvalue weighted by molar-refractivity contribution is 0.0751. The molecule has 142 valence electrons. The molecule has 2 aromatic carbocycles. The van der Waals surface area contributed by atoms with E-state index in [0.717, 1.165) is 47.5 Å². The predicted octanol–water partition coefficient (Wildman–Crippen LogP) is 5.64. The summed E-state index contributed by atoms with van der Waals surface area (Å²) in [7, 11) is 0. The van der Waals surface area contributed by atoms with E-state index in [1.807, 2.05) is 40.9 Å². The summed E-state index contributed by atoms with van der Waals surface area (Å²) >= 11 is 9.82. The molecule has 3 aromatic rings. The van der Waals surface area contributed by atoms with Gasteiger partial charge in [0.2, 0.25) is 0 Å². The van der Waals surface area contributed by atoms with Gasteiger partial charge in [-0.25, -0.2) is 0 Å². The first kappa shape index (κ1) is 18.1. The maximum Gasteiger partial charge on any atom is 0.264 e. The number of rotatable bonds is 2. The molecule has 0 N–H and O–H groups in total. The van der Waals surface area contributed by atoms with E-state index in [4.69, 9.17) is 11.6 Å². The van der Waals surface area contributed by atoms with Crippen molar-refractivity contribution in [2.75, 3.05) is 31.1 Å². The molecule has 1 saturated heterocycles. The van der Waals surface area contributed by atoms with Gasteiger partial charge in [0.1, 0.15) is 0 Å². The van der Waals surface area contributed by atoms with E-state index < -0.39 is 0 Å². The number of thiophene rings is 1. The fraction of sp³-hybridized carbons (Fsp3) is 0.227. The van der Waals surface area contributed by atoms with Crippen molar-refractivity contribution in [1.29, 1.82) is 0 Å². The van der Waals surface area contributed by atoms with Crippen molar-refractivity contribution in [3.8, 4) is 10.4 Å². The predicted molar refractivity (Wildman–Crippen MR) is 119 cm³/mol. The van der Waals surface area contributed by atoms with Crippen LogP contribution in [0, 0.1) is 0 Å². The normalized spacial score (nSPS) is 15.9. The number of halogens is 1. The number of fused-ring (bicyclic) bond motifs is 3. The van der Waals surface area contributed by atoms with E-state index in [2.05, 4.69) is 35.2 Å². The first-order valence-corrected chi connectivity index (χ1v) is 11.5. The van der Waals surface area contributed by atoms with Crippen molar-refractivity contribution >= 4 is 46.3 Å². The average molecular weight is 427 g/mol. The van der Waals surface area contributed by atoms with Gasteiger partial charge < -0.3 is 9.80 Å². The molecule has 28 heavy (non-hydrogen) atoms. The van der Waals surface area contributed by atoms with Crippen LogP contribution in [-0.2, 0) is 5.75 Å². The van der Waals surface area contributed by atoms with Crippen LogP contribution in [0.5, 0.6) is 0 Å². The first-order chi connectivity index (χ1) is 13.7. The van der Waals surface area contributed by atoms with Crippen LogP contribution in [-0.4, -0.2) is 37.0 Å². The number of para-hydroxylation sites is 1. The summed E-state index contributed by atoms with van der Waals surface area (Å²) in [5.41, 5.74) is 3.60. The molecule has 0 atom stereocenters. The Morgan fingerprint density at radius 1 is 0.964 bits per heavy atom. The molecule has 2 aliphatic heterocycles. The number of carbonyl (C=O) groups excluding carboxylic acids is 1. The third-order valence-electron chi connectivity index (χ3n) is 5.29. The van der Waals surface area contributed by atoms with Crippen LogP contribution in [0.25, 0.3) is 10.4 Å². The molecule has 1 fully saturated rings. The largest absolute Gasteiger partial charge is 0.367 e. The molecule has 0 unspecified atom stereocenters. The van der Waals surface area contributed by atoms with Crippen molar-refractivity contribution in [2.24, 2.45) is 0 Å². The molecule has 0 spiro atoms. The Bertz CT molecular complexity index is 1040. The molecule has 3 nitrogen and oxygen atoms in total. The summed E-state index contributed by atoms with van der Waals surface area (Å²) in [6.45, 7) is 3.05. The smallest absolute Gasteiger partial charge is 0.264 e. The summed E-state index contributed by atoms with van der Waals surface area (Å²) in [5.74, 6) is 1.09. The highest BCUT2D eigenvalue weighted by Gasteiger charge is 2.27. The molecule has 5 rings (SSSR count). The summed E-state index contributed by atoms with van der Waals surface area (Å²) in [4.78, 5) is 20.8. The van der Waals surface area contributed by atoms with Crippen LogP contribution in [0.2, 0.25) is 5.02 Å². The monoisotopic (exact) mass is 426 g/mol. The number of benzene rings is 2. The minimum absolute atomic E-state index is 0.153. The number of carbonyl (C=O) groups is 1. The van der Waals surface area contributed by atoms with Gasteiger partial charge in [-0.05, 0) is 29.8 Å². The third kappa shape index (κ3) is 3.21. The van der Waals surface area contributed by atoms with E-state index in [1.165, 1.54) is 20.9 Å². The molecule has 6 heteroatoms. The highest BCUT2D eigenvalue weighted by molar-refractivity contribution is 7.98. The highest BCUT2D eigenvalue weighted by atomic mass is 35.5. The molecule has 0 aliphatic carbocycles. The average Bonchev–Trinajstić information content (AvgIpc) is 3.19. The quantitative estimate of drug-likeness (QED) is 0.530. The van der Waals surface area contributed by atoms with Gasteiger partial charge in [0.25, 0.3) is 5.91 Å². The lowest BCUT2D eigenvalue weighted by atomic mass is 10.1. The zero-order valence-electron chi connectivity index (χ0n) is 15.2. The van der Waals surface area contributed by atoms with Crippen LogP contribution < -0.4 is 4.90 Å². The van der Waals surface area contributed by atoms with Gasteiger partial charge in [0, 0.05) is 47.3 Å². The Hall–Kier alpha value is -1.95.